The summed E-state index contributed by atoms with van der Waals surface area (Å²) < 4.78 is 38.0. The van der Waals surface area contributed by atoms with Crippen molar-refractivity contribution in [2.45, 2.75) is 0 Å². The van der Waals surface area contributed by atoms with E-state index < -0.39 is 15.8 Å². The highest BCUT2D eigenvalue weighted by Crippen LogP contribution is 2.18. The molecule has 1 aromatic carbocycles. The van der Waals surface area contributed by atoms with Gasteiger partial charge in [-0.1, -0.05) is 12.1 Å². The Bertz CT molecular complexity index is 745. The molecular weight excluding hydrogens is 327 g/mol. The van der Waals surface area contributed by atoms with Crippen molar-refractivity contribution in [3.8, 4) is 0 Å². The highest BCUT2D eigenvalue weighted by Gasteiger charge is 2.18. The van der Waals surface area contributed by atoms with Crippen molar-refractivity contribution < 1.29 is 17.6 Å². The average molecular weight is 342 g/mol. The third-order valence-electron chi connectivity index (χ3n) is 2.84. The van der Waals surface area contributed by atoms with Crippen LogP contribution in [0, 0.1) is 5.82 Å². The summed E-state index contributed by atoms with van der Waals surface area (Å²) in [6, 6.07) is 8.76. The standard InChI is InChI=1S/C14H15FN2O3S2/c1-22(19,20)17(12-5-2-4-11(15)10-12)8-7-16-14(18)13-6-3-9-21-13/h2-6,9-10H,7-8H2,1H3,(H,16,18). The molecule has 0 radical (unpaired) electrons. The fourth-order valence-electron chi connectivity index (χ4n) is 1.88. The number of benzene rings is 1. The van der Waals surface area contributed by atoms with Gasteiger partial charge in [0.1, 0.15) is 5.82 Å². The van der Waals surface area contributed by atoms with Crippen LogP contribution in [0.25, 0.3) is 0 Å². The molecule has 0 spiro atoms. The third kappa shape index (κ3) is 4.28. The van der Waals surface area contributed by atoms with Gasteiger partial charge in [0.15, 0.2) is 0 Å². The Kier molecular flexibility index (Phi) is 5.15. The normalized spacial score (nSPS) is 11.2. The Hall–Kier alpha value is -1.93. The SMILES string of the molecule is CS(=O)(=O)N(CCNC(=O)c1cccs1)c1cccc(F)c1. The number of hydrogen-bond donors (Lipinski definition) is 1. The van der Waals surface area contributed by atoms with Gasteiger partial charge >= 0.3 is 0 Å². The number of carbonyl (C=O) groups excluding carboxylic acids is 1. The van der Waals surface area contributed by atoms with Crippen LogP contribution < -0.4 is 9.62 Å². The maximum Gasteiger partial charge on any atom is 0.261 e. The second-order valence-corrected chi connectivity index (χ2v) is 7.40. The molecule has 2 rings (SSSR count). The summed E-state index contributed by atoms with van der Waals surface area (Å²) in [5, 5.41) is 4.43. The monoisotopic (exact) mass is 342 g/mol. The van der Waals surface area contributed by atoms with Crippen molar-refractivity contribution >= 4 is 33.0 Å². The van der Waals surface area contributed by atoms with Gasteiger partial charge in [-0.3, -0.25) is 9.10 Å². The Labute approximate surface area is 132 Å². The number of anilines is 1. The molecule has 0 saturated heterocycles. The number of amides is 1. The molecule has 22 heavy (non-hydrogen) atoms. The van der Waals surface area contributed by atoms with Gasteiger partial charge in [0.05, 0.1) is 23.4 Å². The molecule has 118 valence electrons. The van der Waals surface area contributed by atoms with E-state index in [1.54, 1.807) is 17.5 Å². The average Bonchev–Trinajstić information content (AvgIpc) is 2.96. The first-order chi connectivity index (χ1) is 10.4. The zero-order valence-electron chi connectivity index (χ0n) is 11.8. The van der Waals surface area contributed by atoms with E-state index in [0.29, 0.717) is 4.88 Å². The van der Waals surface area contributed by atoms with Crippen molar-refractivity contribution in [1.29, 1.82) is 0 Å². The van der Waals surface area contributed by atoms with Gasteiger partial charge in [-0.05, 0) is 29.6 Å². The van der Waals surface area contributed by atoms with Crippen molar-refractivity contribution in [1.82, 2.24) is 5.32 Å². The quantitative estimate of drug-likeness (QED) is 0.874. The molecule has 0 aliphatic heterocycles. The van der Waals surface area contributed by atoms with Gasteiger partial charge in [-0.25, -0.2) is 12.8 Å². The Morgan fingerprint density at radius 3 is 2.68 bits per heavy atom. The predicted octanol–water partition coefficient (Wildman–Crippen LogP) is 2.08. The minimum Gasteiger partial charge on any atom is -0.350 e. The Morgan fingerprint density at radius 1 is 1.32 bits per heavy atom. The zero-order valence-corrected chi connectivity index (χ0v) is 13.5. The zero-order chi connectivity index (χ0) is 16.2. The molecule has 0 fully saturated rings. The van der Waals surface area contributed by atoms with Gasteiger partial charge in [0, 0.05) is 6.54 Å². The minimum atomic E-state index is -3.57. The van der Waals surface area contributed by atoms with E-state index in [1.807, 2.05) is 0 Å². The molecule has 0 atom stereocenters. The second-order valence-electron chi connectivity index (χ2n) is 4.55. The lowest BCUT2D eigenvalue weighted by Crippen LogP contribution is -2.38. The van der Waals surface area contributed by atoms with Gasteiger partial charge in [0.2, 0.25) is 10.0 Å². The molecule has 5 nitrogen and oxygen atoms in total. The largest absolute Gasteiger partial charge is 0.350 e. The number of hydrogen-bond acceptors (Lipinski definition) is 4. The number of carbonyl (C=O) groups is 1. The summed E-state index contributed by atoms with van der Waals surface area (Å²) in [6.07, 6.45) is 1.04. The van der Waals surface area contributed by atoms with Crippen molar-refractivity contribution in [2.75, 3.05) is 23.7 Å². The van der Waals surface area contributed by atoms with E-state index in [2.05, 4.69) is 5.32 Å². The Balaban J connectivity index is 2.04. The number of halogens is 1. The van der Waals surface area contributed by atoms with E-state index in [1.165, 1.54) is 29.5 Å². The molecule has 0 aliphatic rings. The highest BCUT2D eigenvalue weighted by molar-refractivity contribution is 7.92. The van der Waals surface area contributed by atoms with Crippen LogP contribution in [-0.2, 0) is 10.0 Å². The molecule has 1 amide bonds. The number of nitrogens with one attached hydrogen (secondary N) is 1. The van der Waals surface area contributed by atoms with E-state index in [-0.39, 0.29) is 24.7 Å². The fraction of sp³-hybridized carbons (Fsp3) is 0.214. The van der Waals surface area contributed by atoms with Crippen LogP contribution in [-0.4, -0.2) is 33.7 Å². The van der Waals surface area contributed by atoms with E-state index in [4.69, 9.17) is 0 Å². The van der Waals surface area contributed by atoms with E-state index in [0.717, 1.165) is 16.6 Å². The lowest BCUT2D eigenvalue weighted by atomic mass is 10.3. The first kappa shape index (κ1) is 16.4. The summed E-state index contributed by atoms with van der Waals surface area (Å²) in [6.45, 7) is 0.152. The van der Waals surface area contributed by atoms with Gasteiger partial charge in [-0.2, -0.15) is 0 Å². The van der Waals surface area contributed by atoms with Crippen LogP contribution in [0.1, 0.15) is 9.67 Å². The van der Waals surface area contributed by atoms with Crippen LogP contribution in [0.15, 0.2) is 41.8 Å². The summed E-state index contributed by atoms with van der Waals surface area (Å²) in [5.41, 5.74) is 0.230. The lowest BCUT2D eigenvalue weighted by molar-refractivity contribution is 0.0959. The molecule has 0 unspecified atom stereocenters. The molecular formula is C14H15FN2O3S2. The highest BCUT2D eigenvalue weighted by atomic mass is 32.2. The maximum absolute atomic E-state index is 13.3. The first-order valence-corrected chi connectivity index (χ1v) is 9.16. The maximum atomic E-state index is 13.3. The fourth-order valence-corrected chi connectivity index (χ4v) is 3.44. The Morgan fingerprint density at radius 2 is 2.09 bits per heavy atom. The van der Waals surface area contributed by atoms with Crippen molar-refractivity contribution in [3.05, 3.63) is 52.5 Å². The smallest absolute Gasteiger partial charge is 0.261 e. The number of nitrogens with zero attached hydrogens (tertiary/aromatic N) is 1. The number of sulfonamides is 1. The lowest BCUT2D eigenvalue weighted by Gasteiger charge is -2.22. The summed E-state index contributed by atoms with van der Waals surface area (Å²) in [5.74, 6) is -0.781. The number of thiophene rings is 1. The first-order valence-electron chi connectivity index (χ1n) is 6.43. The van der Waals surface area contributed by atoms with Crippen LogP contribution in [0.5, 0.6) is 0 Å². The van der Waals surface area contributed by atoms with E-state index in [9.17, 15) is 17.6 Å². The second kappa shape index (κ2) is 6.89. The van der Waals surface area contributed by atoms with Gasteiger partial charge < -0.3 is 5.32 Å². The van der Waals surface area contributed by atoms with Crippen LogP contribution in [0.2, 0.25) is 0 Å². The van der Waals surface area contributed by atoms with Gasteiger partial charge in [0.25, 0.3) is 5.91 Å². The summed E-state index contributed by atoms with van der Waals surface area (Å²) >= 11 is 1.30. The number of rotatable bonds is 6. The van der Waals surface area contributed by atoms with Crippen LogP contribution in [0.4, 0.5) is 10.1 Å². The van der Waals surface area contributed by atoms with Gasteiger partial charge in [-0.15, -0.1) is 11.3 Å². The predicted molar refractivity (Wildman–Crippen MR) is 85.2 cm³/mol. The minimum absolute atomic E-state index is 0.0272. The van der Waals surface area contributed by atoms with E-state index >= 15 is 0 Å². The molecule has 0 saturated carbocycles. The van der Waals surface area contributed by atoms with Crippen molar-refractivity contribution in [3.63, 3.8) is 0 Å². The van der Waals surface area contributed by atoms with Crippen molar-refractivity contribution in [2.24, 2.45) is 0 Å². The molecule has 2 aromatic rings. The van der Waals surface area contributed by atoms with Crippen LogP contribution >= 0.6 is 11.3 Å². The third-order valence-corrected chi connectivity index (χ3v) is 4.90. The summed E-state index contributed by atoms with van der Waals surface area (Å²) in [4.78, 5) is 12.4. The molecule has 1 N–H and O–H groups in total. The summed E-state index contributed by atoms with van der Waals surface area (Å²) in [7, 11) is -3.57. The van der Waals surface area contributed by atoms with Crippen LogP contribution in [0.3, 0.4) is 0 Å². The molecule has 0 aliphatic carbocycles. The molecule has 8 heteroatoms. The molecule has 0 bridgehead atoms. The molecule has 1 aromatic heterocycles. The topological polar surface area (TPSA) is 66.5 Å². The molecule has 1 heterocycles.